The SMILES string of the molecule is O=C(OCc1ccccc1)N1CCCNC1. The molecule has 0 aromatic heterocycles. The van der Waals surface area contributed by atoms with Gasteiger partial charge in [0, 0.05) is 6.54 Å². The van der Waals surface area contributed by atoms with E-state index < -0.39 is 0 Å². The van der Waals surface area contributed by atoms with Gasteiger partial charge in [-0.3, -0.25) is 10.2 Å². The van der Waals surface area contributed by atoms with Gasteiger partial charge < -0.3 is 4.74 Å². The van der Waals surface area contributed by atoms with Crippen LogP contribution in [0, 0.1) is 0 Å². The third-order valence-electron chi connectivity index (χ3n) is 2.55. The number of rotatable bonds is 2. The summed E-state index contributed by atoms with van der Waals surface area (Å²) in [5, 5.41) is 3.14. The second kappa shape index (κ2) is 5.51. The molecule has 0 saturated carbocycles. The van der Waals surface area contributed by atoms with E-state index >= 15 is 0 Å². The second-order valence-corrected chi connectivity index (χ2v) is 3.82. The molecule has 1 aromatic carbocycles. The molecule has 2 rings (SSSR count). The zero-order chi connectivity index (χ0) is 11.2. The second-order valence-electron chi connectivity index (χ2n) is 3.82. The van der Waals surface area contributed by atoms with Gasteiger partial charge in [0.1, 0.15) is 6.61 Å². The summed E-state index contributed by atoms with van der Waals surface area (Å²) in [7, 11) is 0. The Morgan fingerprint density at radius 1 is 1.38 bits per heavy atom. The molecular weight excluding hydrogens is 204 g/mol. The van der Waals surface area contributed by atoms with Crippen molar-refractivity contribution in [3.63, 3.8) is 0 Å². The summed E-state index contributed by atoms with van der Waals surface area (Å²) in [6.45, 7) is 2.69. The van der Waals surface area contributed by atoms with Crippen LogP contribution in [0.15, 0.2) is 30.3 Å². The Morgan fingerprint density at radius 3 is 2.88 bits per heavy atom. The monoisotopic (exact) mass is 220 g/mol. The number of carbonyl (C=O) groups is 1. The summed E-state index contributed by atoms with van der Waals surface area (Å²) in [6, 6.07) is 9.71. The van der Waals surface area contributed by atoms with Gasteiger partial charge in [-0.1, -0.05) is 30.3 Å². The number of nitrogens with zero attached hydrogens (tertiary/aromatic N) is 1. The first kappa shape index (κ1) is 11.0. The first-order valence-corrected chi connectivity index (χ1v) is 5.52. The molecule has 0 bridgehead atoms. The van der Waals surface area contributed by atoms with Crippen molar-refractivity contribution in [1.82, 2.24) is 10.2 Å². The molecule has 0 atom stereocenters. The highest BCUT2D eigenvalue weighted by atomic mass is 16.6. The molecule has 1 amide bonds. The lowest BCUT2D eigenvalue weighted by Gasteiger charge is -2.26. The number of nitrogens with one attached hydrogen (secondary N) is 1. The fraction of sp³-hybridized carbons (Fsp3) is 0.417. The quantitative estimate of drug-likeness (QED) is 0.822. The molecule has 0 radical (unpaired) electrons. The Balaban J connectivity index is 1.79. The zero-order valence-corrected chi connectivity index (χ0v) is 9.19. The van der Waals surface area contributed by atoms with Gasteiger partial charge in [-0.2, -0.15) is 0 Å². The molecule has 0 unspecified atom stereocenters. The lowest BCUT2D eigenvalue weighted by Crippen LogP contribution is -2.45. The van der Waals surface area contributed by atoms with Crippen molar-refractivity contribution in [2.24, 2.45) is 0 Å². The Labute approximate surface area is 95.2 Å². The van der Waals surface area contributed by atoms with Crippen LogP contribution in [0.3, 0.4) is 0 Å². The van der Waals surface area contributed by atoms with Crippen molar-refractivity contribution >= 4 is 6.09 Å². The Bertz CT molecular complexity index is 334. The summed E-state index contributed by atoms with van der Waals surface area (Å²) in [4.78, 5) is 13.3. The van der Waals surface area contributed by atoms with Gasteiger partial charge in [0.2, 0.25) is 0 Å². The molecule has 1 aliphatic rings. The maximum Gasteiger partial charge on any atom is 0.411 e. The number of carbonyl (C=O) groups excluding carboxylic acids is 1. The molecule has 16 heavy (non-hydrogen) atoms. The molecule has 1 N–H and O–H groups in total. The molecule has 1 saturated heterocycles. The van der Waals surface area contributed by atoms with Crippen LogP contribution in [-0.2, 0) is 11.3 Å². The van der Waals surface area contributed by atoms with E-state index in [1.165, 1.54) is 0 Å². The number of amides is 1. The predicted molar refractivity (Wildman–Crippen MR) is 60.8 cm³/mol. The lowest BCUT2D eigenvalue weighted by molar-refractivity contribution is 0.0869. The van der Waals surface area contributed by atoms with Crippen LogP contribution in [0.4, 0.5) is 4.79 Å². The van der Waals surface area contributed by atoms with Gasteiger partial charge in [-0.15, -0.1) is 0 Å². The predicted octanol–water partition coefficient (Wildman–Crippen LogP) is 1.58. The molecular formula is C12H16N2O2. The van der Waals surface area contributed by atoms with Gasteiger partial charge in [-0.25, -0.2) is 4.79 Å². The highest BCUT2D eigenvalue weighted by Gasteiger charge is 2.16. The van der Waals surface area contributed by atoms with Crippen molar-refractivity contribution in [2.75, 3.05) is 19.8 Å². The topological polar surface area (TPSA) is 41.6 Å². The van der Waals surface area contributed by atoms with E-state index in [2.05, 4.69) is 5.32 Å². The lowest BCUT2D eigenvalue weighted by atomic mass is 10.2. The van der Waals surface area contributed by atoms with Crippen molar-refractivity contribution in [2.45, 2.75) is 13.0 Å². The van der Waals surface area contributed by atoms with Crippen molar-refractivity contribution < 1.29 is 9.53 Å². The number of benzene rings is 1. The van der Waals surface area contributed by atoms with Crippen molar-refractivity contribution in [3.05, 3.63) is 35.9 Å². The normalized spacial score (nSPS) is 15.9. The van der Waals surface area contributed by atoms with Crippen LogP contribution in [0.25, 0.3) is 0 Å². The zero-order valence-electron chi connectivity index (χ0n) is 9.19. The maximum atomic E-state index is 11.6. The van der Waals surface area contributed by atoms with E-state index in [4.69, 9.17) is 4.74 Å². The largest absolute Gasteiger partial charge is 0.445 e. The van der Waals surface area contributed by atoms with Gasteiger partial charge in [0.05, 0.1) is 6.67 Å². The Hall–Kier alpha value is -1.55. The van der Waals surface area contributed by atoms with Crippen molar-refractivity contribution in [3.8, 4) is 0 Å². The van der Waals surface area contributed by atoms with E-state index in [1.54, 1.807) is 4.90 Å². The molecule has 4 nitrogen and oxygen atoms in total. The third kappa shape index (κ3) is 2.97. The summed E-state index contributed by atoms with van der Waals surface area (Å²) in [6.07, 6.45) is 0.747. The minimum Gasteiger partial charge on any atom is -0.445 e. The van der Waals surface area contributed by atoms with E-state index in [-0.39, 0.29) is 6.09 Å². The van der Waals surface area contributed by atoms with Gasteiger partial charge in [-0.05, 0) is 18.5 Å². The van der Waals surface area contributed by atoms with E-state index in [0.717, 1.165) is 25.1 Å². The first-order valence-electron chi connectivity index (χ1n) is 5.52. The van der Waals surface area contributed by atoms with Crippen LogP contribution in [0.2, 0.25) is 0 Å². The molecule has 1 aliphatic heterocycles. The highest BCUT2D eigenvalue weighted by Crippen LogP contribution is 2.04. The van der Waals surface area contributed by atoms with Crippen LogP contribution in [-0.4, -0.2) is 30.8 Å². The molecule has 4 heteroatoms. The minimum atomic E-state index is -0.240. The molecule has 0 aliphatic carbocycles. The summed E-state index contributed by atoms with van der Waals surface area (Å²) in [5.74, 6) is 0. The molecule has 0 spiro atoms. The van der Waals surface area contributed by atoms with Gasteiger partial charge >= 0.3 is 6.09 Å². The standard InChI is InChI=1S/C12H16N2O2/c15-12(14-8-4-7-13-10-14)16-9-11-5-2-1-3-6-11/h1-3,5-6,13H,4,7-10H2. The van der Waals surface area contributed by atoms with E-state index in [1.807, 2.05) is 30.3 Å². The number of ether oxygens (including phenoxy) is 1. The highest BCUT2D eigenvalue weighted by molar-refractivity contribution is 5.67. The summed E-state index contributed by atoms with van der Waals surface area (Å²) < 4.78 is 5.21. The minimum absolute atomic E-state index is 0.240. The smallest absolute Gasteiger partial charge is 0.411 e. The summed E-state index contributed by atoms with van der Waals surface area (Å²) in [5.41, 5.74) is 1.01. The van der Waals surface area contributed by atoms with Gasteiger partial charge in [0.25, 0.3) is 0 Å². The Morgan fingerprint density at radius 2 is 2.19 bits per heavy atom. The summed E-state index contributed by atoms with van der Waals surface area (Å²) >= 11 is 0. The molecule has 1 aromatic rings. The van der Waals surface area contributed by atoms with Crippen LogP contribution < -0.4 is 5.32 Å². The van der Waals surface area contributed by atoms with Crippen molar-refractivity contribution in [1.29, 1.82) is 0 Å². The fourth-order valence-electron chi connectivity index (χ4n) is 1.65. The van der Waals surface area contributed by atoms with Crippen LogP contribution >= 0.6 is 0 Å². The third-order valence-corrected chi connectivity index (χ3v) is 2.55. The van der Waals surface area contributed by atoms with Crippen LogP contribution in [0.5, 0.6) is 0 Å². The fourth-order valence-corrected chi connectivity index (χ4v) is 1.65. The van der Waals surface area contributed by atoms with Gasteiger partial charge in [0.15, 0.2) is 0 Å². The number of hydrogen-bond acceptors (Lipinski definition) is 3. The average molecular weight is 220 g/mol. The Kier molecular flexibility index (Phi) is 3.77. The average Bonchev–Trinajstić information content (AvgIpc) is 2.38. The number of hydrogen-bond donors (Lipinski definition) is 1. The molecule has 86 valence electrons. The molecule has 1 heterocycles. The maximum absolute atomic E-state index is 11.6. The first-order chi connectivity index (χ1) is 7.86. The molecule has 1 fully saturated rings. The van der Waals surface area contributed by atoms with E-state index in [9.17, 15) is 4.79 Å². The van der Waals surface area contributed by atoms with Crippen LogP contribution in [0.1, 0.15) is 12.0 Å². The van der Waals surface area contributed by atoms with E-state index in [0.29, 0.717) is 13.3 Å².